The fourth-order valence-electron chi connectivity index (χ4n) is 4.12. The number of hydrazone groups is 1. The molecule has 3 aromatic carbocycles. The minimum absolute atomic E-state index is 0.631. The number of morpholine rings is 1. The Balaban J connectivity index is 1.50. The summed E-state index contributed by atoms with van der Waals surface area (Å²) in [5.41, 5.74) is 8.85. The van der Waals surface area contributed by atoms with E-state index < -0.39 is 0 Å². The van der Waals surface area contributed by atoms with Crippen molar-refractivity contribution in [3.05, 3.63) is 83.4 Å². The van der Waals surface area contributed by atoms with E-state index in [1.165, 1.54) is 5.69 Å². The number of rotatable bonds is 6. The standard InChI is InChI=1S/C27H28N4O3/c1-3-34-22-10-6-20(7-11-22)27-28-25-13-12-23(32-2)18-24(25)26(29-30-27)19-4-8-21(9-5-19)31-14-16-33-17-15-31/h4-13,18H,3,14-17H2,1-2H3,(H,28,30). The molecule has 0 radical (unpaired) electrons. The Labute approximate surface area is 199 Å². The van der Waals surface area contributed by atoms with E-state index in [-0.39, 0.29) is 0 Å². The number of benzene rings is 3. The van der Waals surface area contributed by atoms with Gasteiger partial charge in [-0.2, -0.15) is 5.10 Å². The van der Waals surface area contributed by atoms with Crippen LogP contribution in [0.2, 0.25) is 0 Å². The fraction of sp³-hybridized carbons (Fsp3) is 0.259. The fourth-order valence-corrected chi connectivity index (χ4v) is 4.12. The number of methoxy groups -OCH3 is 1. The van der Waals surface area contributed by atoms with Gasteiger partial charge in [0.25, 0.3) is 0 Å². The molecule has 5 rings (SSSR count). The van der Waals surface area contributed by atoms with Gasteiger partial charge in [0.2, 0.25) is 0 Å². The Kier molecular flexibility index (Phi) is 6.44. The normalized spacial score (nSPS) is 15.4. The predicted molar refractivity (Wildman–Crippen MR) is 135 cm³/mol. The Morgan fingerprint density at radius 3 is 2.32 bits per heavy atom. The van der Waals surface area contributed by atoms with Crippen molar-refractivity contribution in [3.63, 3.8) is 0 Å². The van der Waals surface area contributed by atoms with Crippen LogP contribution >= 0.6 is 0 Å². The van der Waals surface area contributed by atoms with E-state index in [0.717, 1.165) is 65.9 Å². The number of hydrogen-bond donors (Lipinski definition) is 1. The molecule has 3 aromatic rings. The number of aliphatic imine (C=N–C) groups is 1. The second-order valence-corrected chi connectivity index (χ2v) is 8.02. The zero-order valence-corrected chi connectivity index (χ0v) is 19.5. The summed E-state index contributed by atoms with van der Waals surface area (Å²) in [4.78, 5) is 7.24. The van der Waals surface area contributed by atoms with Gasteiger partial charge in [0.1, 0.15) is 17.2 Å². The van der Waals surface area contributed by atoms with Gasteiger partial charge in [-0.25, -0.2) is 4.99 Å². The minimum Gasteiger partial charge on any atom is -0.497 e. The molecule has 0 unspecified atom stereocenters. The van der Waals surface area contributed by atoms with Crippen LogP contribution in [0.1, 0.15) is 23.6 Å². The van der Waals surface area contributed by atoms with Crippen LogP contribution in [0.15, 0.2) is 76.8 Å². The van der Waals surface area contributed by atoms with Crippen molar-refractivity contribution in [3.8, 4) is 11.5 Å². The molecule has 174 valence electrons. The van der Waals surface area contributed by atoms with Crippen LogP contribution in [-0.4, -0.2) is 51.6 Å². The van der Waals surface area contributed by atoms with E-state index in [9.17, 15) is 0 Å². The first-order valence-electron chi connectivity index (χ1n) is 11.5. The summed E-state index contributed by atoms with van der Waals surface area (Å²) in [7, 11) is 1.67. The molecule has 1 N–H and O–H groups in total. The molecule has 0 aromatic heterocycles. The maximum absolute atomic E-state index is 5.57. The smallest absolute Gasteiger partial charge is 0.154 e. The monoisotopic (exact) mass is 456 g/mol. The average molecular weight is 457 g/mol. The zero-order chi connectivity index (χ0) is 23.3. The van der Waals surface area contributed by atoms with E-state index in [4.69, 9.17) is 24.3 Å². The van der Waals surface area contributed by atoms with Crippen molar-refractivity contribution in [1.82, 2.24) is 5.43 Å². The molecule has 2 aliphatic rings. The topological polar surface area (TPSA) is 67.7 Å². The SMILES string of the molecule is CCOc1ccc(C2=Nc3ccc(OC)cc3C(c3ccc(N4CCOCC4)cc3)=NN2)cc1. The third kappa shape index (κ3) is 4.61. The molecule has 7 nitrogen and oxygen atoms in total. The molecule has 1 saturated heterocycles. The number of anilines is 1. The second kappa shape index (κ2) is 9.97. The van der Waals surface area contributed by atoms with Crippen LogP contribution < -0.4 is 19.8 Å². The van der Waals surface area contributed by atoms with Crippen LogP contribution in [0.3, 0.4) is 0 Å². The Morgan fingerprint density at radius 2 is 1.62 bits per heavy atom. The van der Waals surface area contributed by atoms with Gasteiger partial charge in [-0.05, 0) is 61.5 Å². The molecule has 0 atom stereocenters. The van der Waals surface area contributed by atoms with Gasteiger partial charge in [0.05, 0.1) is 32.6 Å². The summed E-state index contributed by atoms with van der Waals surface area (Å²) >= 11 is 0. The lowest BCUT2D eigenvalue weighted by molar-refractivity contribution is 0.122. The van der Waals surface area contributed by atoms with Gasteiger partial charge in [0.15, 0.2) is 5.84 Å². The Hall–Kier alpha value is -3.84. The third-order valence-corrected chi connectivity index (χ3v) is 5.92. The maximum Gasteiger partial charge on any atom is 0.154 e. The molecule has 2 aliphatic heterocycles. The zero-order valence-electron chi connectivity index (χ0n) is 19.5. The van der Waals surface area contributed by atoms with Gasteiger partial charge < -0.3 is 19.1 Å². The van der Waals surface area contributed by atoms with E-state index in [1.807, 2.05) is 49.4 Å². The summed E-state index contributed by atoms with van der Waals surface area (Å²) in [6, 6.07) is 22.2. The maximum atomic E-state index is 5.57. The Morgan fingerprint density at radius 1 is 0.912 bits per heavy atom. The Bertz CT molecular complexity index is 1200. The largest absolute Gasteiger partial charge is 0.497 e. The predicted octanol–water partition coefficient (Wildman–Crippen LogP) is 4.36. The molecule has 0 spiro atoms. The van der Waals surface area contributed by atoms with Crippen molar-refractivity contribution in [2.45, 2.75) is 6.92 Å². The van der Waals surface area contributed by atoms with Gasteiger partial charge in [-0.3, -0.25) is 5.43 Å². The van der Waals surface area contributed by atoms with Gasteiger partial charge in [0, 0.05) is 35.5 Å². The number of nitrogens with one attached hydrogen (secondary N) is 1. The highest BCUT2D eigenvalue weighted by molar-refractivity contribution is 6.18. The van der Waals surface area contributed by atoms with Crippen molar-refractivity contribution < 1.29 is 14.2 Å². The summed E-state index contributed by atoms with van der Waals surface area (Å²) in [6.45, 7) is 5.93. The summed E-state index contributed by atoms with van der Waals surface area (Å²) < 4.78 is 16.5. The number of nitrogens with zero attached hydrogens (tertiary/aromatic N) is 3. The van der Waals surface area contributed by atoms with Crippen molar-refractivity contribution >= 4 is 22.9 Å². The van der Waals surface area contributed by atoms with Crippen LogP contribution in [0.25, 0.3) is 0 Å². The van der Waals surface area contributed by atoms with Crippen LogP contribution in [0.5, 0.6) is 11.5 Å². The molecule has 0 bridgehead atoms. The van der Waals surface area contributed by atoms with Gasteiger partial charge in [-0.15, -0.1) is 0 Å². The first-order valence-corrected chi connectivity index (χ1v) is 11.5. The van der Waals surface area contributed by atoms with Crippen molar-refractivity contribution in [2.24, 2.45) is 10.1 Å². The number of fused-ring (bicyclic) bond motifs is 1. The molecular formula is C27H28N4O3. The van der Waals surface area contributed by atoms with Crippen LogP contribution in [0.4, 0.5) is 11.4 Å². The molecular weight excluding hydrogens is 428 g/mol. The first-order chi connectivity index (χ1) is 16.7. The minimum atomic E-state index is 0.631. The number of hydrogen-bond acceptors (Lipinski definition) is 7. The summed E-state index contributed by atoms with van der Waals surface area (Å²) in [6.07, 6.45) is 0. The number of amidine groups is 1. The van der Waals surface area contributed by atoms with Crippen molar-refractivity contribution in [2.75, 3.05) is 44.9 Å². The molecule has 34 heavy (non-hydrogen) atoms. The third-order valence-electron chi connectivity index (χ3n) is 5.92. The lowest BCUT2D eigenvalue weighted by Crippen LogP contribution is -2.36. The highest BCUT2D eigenvalue weighted by Crippen LogP contribution is 2.30. The molecule has 2 heterocycles. The van der Waals surface area contributed by atoms with Crippen LogP contribution in [-0.2, 0) is 4.74 Å². The number of ether oxygens (including phenoxy) is 3. The lowest BCUT2D eigenvalue weighted by Gasteiger charge is -2.29. The molecule has 7 heteroatoms. The van der Waals surface area contributed by atoms with Gasteiger partial charge >= 0.3 is 0 Å². The first kappa shape index (κ1) is 22.0. The average Bonchev–Trinajstić information content (AvgIpc) is 3.09. The van der Waals surface area contributed by atoms with E-state index >= 15 is 0 Å². The van der Waals surface area contributed by atoms with Gasteiger partial charge in [-0.1, -0.05) is 12.1 Å². The lowest BCUT2D eigenvalue weighted by atomic mass is 10.00. The summed E-state index contributed by atoms with van der Waals surface area (Å²) in [5, 5.41) is 4.78. The molecule has 0 amide bonds. The highest BCUT2D eigenvalue weighted by Gasteiger charge is 2.19. The van der Waals surface area contributed by atoms with E-state index in [0.29, 0.717) is 12.4 Å². The quantitative estimate of drug-likeness (QED) is 0.597. The molecule has 1 fully saturated rings. The van der Waals surface area contributed by atoms with E-state index in [1.54, 1.807) is 7.11 Å². The summed E-state index contributed by atoms with van der Waals surface area (Å²) in [5.74, 6) is 2.26. The molecule has 0 aliphatic carbocycles. The highest BCUT2D eigenvalue weighted by atomic mass is 16.5. The second-order valence-electron chi connectivity index (χ2n) is 8.02. The van der Waals surface area contributed by atoms with E-state index in [2.05, 4.69) is 34.6 Å². The van der Waals surface area contributed by atoms with Crippen LogP contribution in [0, 0.1) is 0 Å². The molecule has 0 saturated carbocycles. The van der Waals surface area contributed by atoms with Crippen molar-refractivity contribution in [1.29, 1.82) is 0 Å².